The van der Waals surface area contributed by atoms with Crippen LogP contribution in [-0.2, 0) is 0 Å². The Bertz CT molecular complexity index is 263. The van der Waals surface area contributed by atoms with Gasteiger partial charge in [0.15, 0.2) is 0 Å². The second kappa shape index (κ2) is 20.1. The molecule has 1 heteroatoms. The molecule has 0 radical (unpaired) electrons. The van der Waals surface area contributed by atoms with Gasteiger partial charge in [-0.15, -0.1) is 0 Å². The van der Waals surface area contributed by atoms with E-state index in [1.165, 1.54) is 108 Å². The molecule has 0 fully saturated rings. The summed E-state index contributed by atoms with van der Waals surface area (Å²) < 4.78 is 0. The van der Waals surface area contributed by atoms with Crippen LogP contribution in [0.15, 0.2) is 0 Å². The zero-order valence-corrected chi connectivity index (χ0v) is 20.0. The second-order valence-electron chi connectivity index (χ2n) is 8.73. The molecule has 0 bridgehead atoms. The summed E-state index contributed by atoms with van der Waals surface area (Å²) in [6.45, 7) is 11.8. The Morgan fingerprint density at radius 2 is 1.04 bits per heavy atom. The van der Waals surface area contributed by atoms with Gasteiger partial charge in [-0.25, -0.2) is 0 Å². The highest BCUT2D eigenvalue weighted by atomic mass is 32.2. The zero-order valence-electron chi connectivity index (χ0n) is 19.2. The largest absolute Gasteiger partial charge is 0.159 e. The van der Waals surface area contributed by atoms with E-state index < -0.39 is 0 Å². The highest BCUT2D eigenvalue weighted by Gasteiger charge is 2.13. The Hall–Kier alpha value is 0.350. The van der Waals surface area contributed by atoms with Crippen molar-refractivity contribution in [2.24, 2.45) is 11.8 Å². The van der Waals surface area contributed by atoms with Gasteiger partial charge in [-0.3, -0.25) is 0 Å². The molecule has 0 saturated carbocycles. The molecule has 0 nitrogen and oxygen atoms in total. The van der Waals surface area contributed by atoms with E-state index in [4.69, 9.17) is 0 Å². The van der Waals surface area contributed by atoms with Gasteiger partial charge in [0.1, 0.15) is 0 Å². The molecule has 0 spiro atoms. The van der Waals surface area contributed by atoms with Gasteiger partial charge in [0, 0.05) is 5.25 Å². The Morgan fingerprint density at radius 1 is 0.500 bits per heavy atom. The van der Waals surface area contributed by atoms with E-state index >= 15 is 0 Å². The topological polar surface area (TPSA) is 0 Å². The van der Waals surface area contributed by atoms with Crippen LogP contribution in [0.3, 0.4) is 0 Å². The molecule has 3 atom stereocenters. The molecule has 0 heterocycles. The molecule has 0 aromatic carbocycles. The Balaban J connectivity index is 3.97. The lowest BCUT2D eigenvalue weighted by Gasteiger charge is -2.20. The maximum atomic E-state index is 2.49. The molecule has 0 aromatic heterocycles. The number of hydrogen-bond acceptors (Lipinski definition) is 1. The molecular weight excluding hydrogens is 332 g/mol. The average Bonchev–Trinajstić information content (AvgIpc) is 2.63. The molecule has 0 aliphatic heterocycles. The first-order chi connectivity index (χ1) is 12.7. The molecule has 0 aliphatic rings. The number of unbranched alkanes of at least 4 members (excludes halogenated alkanes) is 5. The van der Waals surface area contributed by atoms with E-state index in [0.29, 0.717) is 0 Å². The number of hydrogen-bond donors (Lipinski definition) is 0. The van der Waals surface area contributed by atoms with Crippen LogP contribution in [0.4, 0.5) is 0 Å². The molecule has 3 unspecified atom stereocenters. The van der Waals surface area contributed by atoms with Gasteiger partial charge < -0.3 is 0 Å². The van der Waals surface area contributed by atoms with E-state index in [2.05, 4.69) is 46.4 Å². The predicted octanol–water partition coefficient (Wildman–Crippen LogP) is 9.66. The summed E-state index contributed by atoms with van der Waals surface area (Å²) in [7, 11) is 0. The lowest BCUT2D eigenvalue weighted by atomic mass is 9.91. The lowest BCUT2D eigenvalue weighted by Crippen LogP contribution is -2.09. The van der Waals surface area contributed by atoms with Crippen LogP contribution in [0.25, 0.3) is 0 Å². The molecule has 26 heavy (non-hydrogen) atoms. The van der Waals surface area contributed by atoms with E-state index in [9.17, 15) is 0 Å². The first kappa shape index (κ1) is 26.4. The summed E-state index contributed by atoms with van der Waals surface area (Å²) in [5.41, 5.74) is 0. The molecule has 0 rings (SSSR count). The second-order valence-corrected chi connectivity index (χ2v) is 10.2. The third kappa shape index (κ3) is 16.5. The Labute approximate surface area is 172 Å². The fraction of sp³-hybridized carbons (Fsp3) is 1.00. The smallest absolute Gasteiger partial charge is 0.00188 e. The SMILES string of the molecule is CCCCCC(CCC)CCCC(C)SCC(CCCC)CCCCC. The van der Waals surface area contributed by atoms with Crippen molar-refractivity contribution >= 4 is 11.8 Å². The van der Waals surface area contributed by atoms with Crippen molar-refractivity contribution in [3.05, 3.63) is 0 Å². The predicted molar refractivity (Wildman–Crippen MR) is 125 cm³/mol. The standard InChI is InChI=1S/C25H52S/c1-6-10-13-19-24(16-9-4)21-15-17-23(5)26-22-25(18-12-8-3)20-14-11-7-2/h23-25H,6-22H2,1-5H3. The van der Waals surface area contributed by atoms with Crippen molar-refractivity contribution < 1.29 is 0 Å². The first-order valence-electron chi connectivity index (χ1n) is 12.3. The van der Waals surface area contributed by atoms with Gasteiger partial charge in [0.2, 0.25) is 0 Å². The van der Waals surface area contributed by atoms with Gasteiger partial charge in [0.05, 0.1) is 0 Å². The Morgan fingerprint density at radius 3 is 1.62 bits per heavy atom. The van der Waals surface area contributed by atoms with Crippen molar-refractivity contribution in [2.75, 3.05) is 5.75 Å². The van der Waals surface area contributed by atoms with Crippen LogP contribution in [0.1, 0.15) is 137 Å². The van der Waals surface area contributed by atoms with Crippen molar-refractivity contribution in [3.63, 3.8) is 0 Å². The number of rotatable bonds is 20. The zero-order chi connectivity index (χ0) is 19.5. The highest BCUT2D eigenvalue weighted by molar-refractivity contribution is 7.99. The van der Waals surface area contributed by atoms with Crippen molar-refractivity contribution in [1.82, 2.24) is 0 Å². The van der Waals surface area contributed by atoms with E-state index in [1.54, 1.807) is 0 Å². The van der Waals surface area contributed by atoms with Crippen molar-refractivity contribution in [3.8, 4) is 0 Å². The Kier molecular flexibility index (Phi) is 20.4. The van der Waals surface area contributed by atoms with Crippen LogP contribution in [0.2, 0.25) is 0 Å². The quantitative estimate of drug-likeness (QED) is 0.188. The summed E-state index contributed by atoms with van der Waals surface area (Å²) >= 11 is 2.28. The third-order valence-electron chi connectivity index (χ3n) is 5.93. The fourth-order valence-corrected chi connectivity index (χ4v) is 5.36. The maximum absolute atomic E-state index is 2.49. The van der Waals surface area contributed by atoms with Crippen LogP contribution in [-0.4, -0.2) is 11.0 Å². The third-order valence-corrected chi connectivity index (χ3v) is 7.40. The normalized spacial score (nSPS) is 15.1. The summed E-state index contributed by atoms with van der Waals surface area (Å²) in [6.07, 6.45) is 22.9. The molecule has 0 N–H and O–H groups in total. The van der Waals surface area contributed by atoms with Gasteiger partial charge >= 0.3 is 0 Å². The first-order valence-corrected chi connectivity index (χ1v) is 13.3. The van der Waals surface area contributed by atoms with Crippen molar-refractivity contribution in [1.29, 1.82) is 0 Å². The molecule has 0 amide bonds. The highest BCUT2D eigenvalue weighted by Crippen LogP contribution is 2.28. The van der Waals surface area contributed by atoms with E-state index in [-0.39, 0.29) is 0 Å². The monoisotopic (exact) mass is 384 g/mol. The minimum absolute atomic E-state index is 0.864. The van der Waals surface area contributed by atoms with Crippen LogP contribution in [0.5, 0.6) is 0 Å². The van der Waals surface area contributed by atoms with E-state index in [1.807, 2.05) is 0 Å². The molecule has 0 aliphatic carbocycles. The minimum atomic E-state index is 0.864. The van der Waals surface area contributed by atoms with Crippen LogP contribution in [0, 0.1) is 11.8 Å². The summed E-state index contributed by atoms with van der Waals surface area (Å²) in [5, 5.41) is 0.864. The van der Waals surface area contributed by atoms with E-state index in [0.717, 1.165) is 17.1 Å². The van der Waals surface area contributed by atoms with Gasteiger partial charge in [-0.2, -0.15) is 11.8 Å². The molecule has 0 aromatic rings. The summed E-state index contributed by atoms with van der Waals surface area (Å²) in [5.74, 6) is 3.41. The average molecular weight is 385 g/mol. The van der Waals surface area contributed by atoms with Crippen LogP contribution < -0.4 is 0 Å². The number of thioether (sulfide) groups is 1. The van der Waals surface area contributed by atoms with Gasteiger partial charge in [0.25, 0.3) is 0 Å². The molecule has 0 saturated heterocycles. The molecular formula is C25H52S. The van der Waals surface area contributed by atoms with Crippen LogP contribution >= 0.6 is 11.8 Å². The summed E-state index contributed by atoms with van der Waals surface area (Å²) in [6, 6.07) is 0. The van der Waals surface area contributed by atoms with Gasteiger partial charge in [-0.05, 0) is 36.9 Å². The minimum Gasteiger partial charge on any atom is -0.159 e. The van der Waals surface area contributed by atoms with Crippen molar-refractivity contribution in [2.45, 2.75) is 143 Å². The maximum Gasteiger partial charge on any atom is 0.00188 e. The van der Waals surface area contributed by atoms with Gasteiger partial charge in [-0.1, -0.05) is 118 Å². The fourth-order valence-electron chi connectivity index (χ4n) is 4.09. The lowest BCUT2D eigenvalue weighted by molar-refractivity contribution is 0.383. The summed E-state index contributed by atoms with van der Waals surface area (Å²) in [4.78, 5) is 0. The molecule has 158 valence electrons.